The van der Waals surface area contributed by atoms with Crippen molar-refractivity contribution in [1.29, 1.82) is 0 Å². The monoisotopic (exact) mass is 525 g/mol. The molecular weight excluding hydrogens is 498 g/mol. The zero-order valence-corrected chi connectivity index (χ0v) is 21.4. The molecule has 0 aliphatic carbocycles. The van der Waals surface area contributed by atoms with Crippen molar-refractivity contribution >= 4 is 38.3 Å². The highest BCUT2D eigenvalue weighted by Gasteiger charge is 2.52. The lowest BCUT2D eigenvalue weighted by atomic mass is 9.91. The van der Waals surface area contributed by atoms with Crippen LogP contribution in [0.4, 0.5) is 0 Å². The van der Waals surface area contributed by atoms with Gasteiger partial charge in [0, 0.05) is 24.7 Å². The molecule has 3 aromatic rings. The van der Waals surface area contributed by atoms with Gasteiger partial charge < -0.3 is 9.64 Å². The van der Waals surface area contributed by atoms with Crippen molar-refractivity contribution in [3.8, 4) is 0 Å². The standard InChI is InChI=1S/C27H28ClN3O4S/c28-23-8-6-22-15-24(9-7-21(22)14-23)36(33,34)30-17-25(32)31-19-27(35-26(31)18-30)10-12-29(13-11-27)16-20-4-2-1-3-5-20/h1-9,14-15,26H,10-13,16-19H2. The number of nitrogens with zero attached hydrogens (tertiary/aromatic N) is 3. The van der Waals surface area contributed by atoms with Crippen LogP contribution in [0.2, 0.25) is 5.02 Å². The Morgan fingerprint density at radius 1 is 0.972 bits per heavy atom. The third kappa shape index (κ3) is 4.41. The molecule has 0 N–H and O–H groups in total. The number of hydrogen-bond acceptors (Lipinski definition) is 5. The Labute approximate surface area is 216 Å². The molecule has 3 saturated heterocycles. The number of carbonyl (C=O) groups is 1. The molecule has 1 atom stereocenters. The number of sulfonamides is 1. The van der Waals surface area contributed by atoms with Gasteiger partial charge in [0.15, 0.2) is 0 Å². The summed E-state index contributed by atoms with van der Waals surface area (Å²) in [5.74, 6) is -0.203. The highest BCUT2D eigenvalue weighted by Crippen LogP contribution is 2.38. The van der Waals surface area contributed by atoms with Crippen molar-refractivity contribution < 1.29 is 17.9 Å². The number of benzene rings is 3. The Kier molecular flexibility index (Phi) is 6.05. The van der Waals surface area contributed by atoms with E-state index in [0.717, 1.165) is 43.2 Å². The molecule has 3 fully saturated rings. The van der Waals surface area contributed by atoms with E-state index in [4.69, 9.17) is 16.3 Å². The summed E-state index contributed by atoms with van der Waals surface area (Å²) in [6.07, 6.45) is 1.08. The van der Waals surface area contributed by atoms with Crippen LogP contribution in [0.25, 0.3) is 10.8 Å². The second-order valence-electron chi connectivity index (χ2n) is 9.99. The summed E-state index contributed by atoms with van der Waals surface area (Å²) < 4.78 is 34.7. The van der Waals surface area contributed by atoms with E-state index in [1.165, 1.54) is 9.87 Å². The number of likely N-dealkylation sites (tertiary alicyclic amines) is 1. The third-order valence-electron chi connectivity index (χ3n) is 7.61. The van der Waals surface area contributed by atoms with E-state index in [-0.39, 0.29) is 23.9 Å². The topological polar surface area (TPSA) is 70.2 Å². The molecule has 1 unspecified atom stereocenters. The van der Waals surface area contributed by atoms with Crippen LogP contribution >= 0.6 is 11.6 Å². The summed E-state index contributed by atoms with van der Waals surface area (Å²) in [6.45, 7) is 3.16. The van der Waals surface area contributed by atoms with Gasteiger partial charge in [0.05, 0.1) is 30.1 Å². The van der Waals surface area contributed by atoms with Gasteiger partial charge in [-0.25, -0.2) is 8.42 Å². The molecule has 0 bridgehead atoms. The second-order valence-corrected chi connectivity index (χ2v) is 12.4. The van der Waals surface area contributed by atoms with Crippen molar-refractivity contribution in [1.82, 2.24) is 14.1 Å². The first-order valence-corrected chi connectivity index (χ1v) is 14.1. The van der Waals surface area contributed by atoms with Gasteiger partial charge in [-0.3, -0.25) is 9.69 Å². The number of ether oxygens (including phenoxy) is 1. The molecule has 36 heavy (non-hydrogen) atoms. The van der Waals surface area contributed by atoms with Crippen LogP contribution in [0.15, 0.2) is 71.6 Å². The quantitative estimate of drug-likeness (QED) is 0.519. The molecule has 9 heteroatoms. The number of rotatable bonds is 4. The normalized spacial score (nSPS) is 22.9. The van der Waals surface area contributed by atoms with Gasteiger partial charge in [-0.1, -0.05) is 54.1 Å². The van der Waals surface area contributed by atoms with Crippen molar-refractivity contribution in [3.63, 3.8) is 0 Å². The number of hydrogen-bond donors (Lipinski definition) is 0. The van der Waals surface area contributed by atoms with Gasteiger partial charge in [-0.05, 0) is 53.4 Å². The van der Waals surface area contributed by atoms with Crippen molar-refractivity contribution in [2.24, 2.45) is 0 Å². The van der Waals surface area contributed by atoms with Crippen LogP contribution in [-0.4, -0.2) is 73.0 Å². The average molecular weight is 526 g/mol. The lowest BCUT2D eigenvalue weighted by Crippen LogP contribution is -2.55. The predicted octanol–water partition coefficient (Wildman–Crippen LogP) is 3.72. The molecule has 7 nitrogen and oxygen atoms in total. The molecule has 3 aliphatic heterocycles. The zero-order valence-electron chi connectivity index (χ0n) is 19.8. The molecule has 3 aromatic carbocycles. The Hall–Kier alpha value is -2.49. The largest absolute Gasteiger partial charge is 0.348 e. The first-order chi connectivity index (χ1) is 17.3. The molecule has 188 valence electrons. The van der Waals surface area contributed by atoms with Gasteiger partial charge in [0.2, 0.25) is 15.9 Å². The summed E-state index contributed by atoms with van der Waals surface area (Å²) in [5.41, 5.74) is 0.876. The fourth-order valence-corrected chi connectivity index (χ4v) is 7.19. The van der Waals surface area contributed by atoms with E-state index in [1.54, 1.807) is 41.3 Å². The summed E-state index contributed by atoms with van der Waals surface area (Å²) in [4.78, 5) is 17.4. The molecule has 0 saturated carbocycles. The Balaban J connectivity index is 1.15. The Bertz CT molecular complexity index is 1410. The predicted molar refractivity (Wildman–Crippen MR) is 138 cm³/mol. The molecule has 3 heterocycles. The smallest absolute Gasteiger partial charge is 0.243 e. The van der Waals surface area contributed by atoms with Crippen LogP contribution in [0.5, 0.6) is 0 Å². The van der Waals surface area contributed by atoms with E-state index in [1.807, 2.05) is 6.07 Å². The Morgan fingerprint density at radius 2 is 1.69 bits per heavy atom. The van der Waals surface area contributed by atoms with Crippen LogP contribution < -0.4 is 0 Å². The molecule has 1 spiro atoms. The zero-order chi connectivity index (χ0) is 24.9. The second kappa shape index (κ2) is 9.11. The number of amides is 1. The molecule has 3 aliphatic rings. The first kappa shape index (κ1) is 23.9. The molecule has 0 radical (unpaired) electrons. The van der Waals surface area contributed by atoms with Crippen LogP contribution in [0, 0.1) is 0 Å². The molecule has 0 aromatic heterocycles. The third-order valence-corrected chi connectivity index (χ3v) is 9.65. The van der Waals surface area contributed by atoms with E-state index in [2.05, 4.69) is 29.2 Å². The SMILES string of the molecule is O=C1CN(S(=O)(=O)c2ccc3cc(Cl)ccc3c2)CC2OC3(CCN(Cc4ccccc4)CC3)CN12. The number of fused-ring (bicyclic) bond motifs is 2. The summed E-state index contributed by atoms with van der Waals surface area (Å²) in [7, 11) is -3.86. The molecular formula is C27H28ClN3O4S. The van der Waals surface area contributed by atoms with Crippen LogP contribution in [0.3, 0.4) is 0 Å². The minimum absolute atomic E-state index is 0.141. The number of piperidine rings is 1. The van der Waals surface area contributed by atoms with Gasteiger partial charge in [0.25, 0.3) is 0 Å². The fraction of sp³-hybridized carbons (Fsp3) is 0.370. The lowest BCUT2D eigenvalue weighted by molar-refractivity contribution is -0.145. The highest BCUT2D eigenvalue weighted by molar-refractivity contribution is 7.89. The first-order valence-electron chi connectivity index (χ1n) is 12.2. The van der Waals surface area contributed by atoms with E-state index in [9.17, 15) is 13.2 Å². The van der Waals surface area contributed by atoms with Crippen LogP contribution in [-0.2, 0) is 26.1 Å². The van der Waals surface area contributed by atoms with Crippen LogP contribution in [0.1, 0.15) is 18.4 Å². The number of carbonyl (C=O) groups excluding carboxylic acids is 1. The average Bonchev–Trinajstić information content (AvgIpc) is 3.24. The van der Waals surface area contributed by atoms with E-state index < -0.39 is 21.9 Å². The van der Waals surface area contributed by atoms with Gasteiger partial charge in [-0.15, -0.1) is 0 Å². The summed E-state index contributed by atoms with van der Waals surface area (Å²) >= 11 is 6.06. The van der Waals surface area contributed by atoms with Crippen molar-refractivity contribution in [2.75, 3.05) is 32.7 Å². The van der Waals surface area contributed by atoms with Crippen molar-refractivity contribution in [3.05, 3.63) is 77.3 Å². The molecule has 6 rings (SSSR count). The van der Waals surface area contributed by atoms with E-state index >= 15 is 0 Å². The van der Waals surface area contributed by atoms with Gasteiger partial charge in [-0.2, -0.15) is 4.31 Å². The fourth-order valence-electron chi connectivity index (χ4n) is 5.59. The Morgan fingerprint density at radius 3 is 2.47 bits per heavy atom. The maximum Gasteiger partial charge on any atom is 0.243 e. The summed E-state index contributed by atoms with van der Waals surface area (Å²) in [5, 5.41) is 2.24. The van der Waals surface area contributed by atoms with Crippen molar-refractivity contribution in [2.45, 2.75) is 36.1 Å². The maximum atomic E-state index is 13.5. The minimum atomic E-state index is -3.86. The minimum Gasteiger partial charge on any atom is -0.348 e. The van der Waals surface area contributed by atoms with Gasteiger partial charge >= 0.3 is 0 Å². The van der Waals surface area contributed by atoms with E-state index in [0.29, 0.717) is 11.6 Å². The number of piperazine rings is 1. The summed E-state index contributed by atoms with van der Waals surface area (Å²) in [6, 6.07) is 20.7. The number of halogens is 1. The maximum absolute atomic E-state index is 13.5. The highest BCUT2D eigenvalue weighted by atomic mass is 35.5. The molecule has 1 amide bonds. The van der Waals surface area contributed by atoms with Gasteiger partial charge in [0.1, 0.15) is 6.23 Å². The lowest BCUT2D eigenvalue weighted by Gasteiger charge is -2.38.